The molecule has 2 aromatic rings. The first-order valence-corrected chi connectivity index (χ1v) is 10.8. The molecule has 158 valence electrons. The van der Waals surface area contributed by atoms with Crippen molar-refractivity contribution in [2.24, 2.45) is 5.92 Å². The van der Waals surface area contributed by atoms with E-state index in [4.69, 9.17) is 0 Å². The fourth-order valence-electron chi connectivity index (χ4n) is 4.34. The summed E-state index contributed by atoms with van der Waals surface area (Å²) in [4.78, 5) is 37.7. The molecule has 1 aromatic carbocycles. The van der Waals surface area contributed by atoms with Crippen LogP contribution >= 0.6 is 0 Å². The van der Waals surface area contributed by atoms with Crippen molar-refractivity contribution >= 4 is 11.8 Å². The lowest BCUT2D eigenvalue weighted by atomic mass is 9.95. The molecule has 2 aliphatic rings. The van der Waals surface area contributed by atoms with Crippen LogP contribution in [0.1, 0.15) is 41.7 Å². The number of nitrogens with one attached hydrogen (secondary N) is 1. The topological polar surface area (TPSA) is 78.4 Å². The second kappa shape index (κ2) is 9.80. The molecule has 3 heterocycles. The minimum Gasteiger partial charge on any atom is -0.353 e. The molecule has 1 aromatic heterocycles. The lowest BCUT2D eigenvalue weighted by molar-refractivity contribution is -0.127. The monoisotopic (exact) mass is 407 g/mol. The number of nitrogens with zero attached hydrogens (tertiary/aromatic N) is 4. The fraction of sp³-hybridized carbons (Fsp3) is 0.478. The van der Waals surface area contributed by atoms with Crippen LogP contribution in [-0.4, -0.2) is 63.8 Å². The van der Waals surface area contributed by atoms with Crippen molar-refractivity contribution in [3.05, 3.63) is 60.2 Å². The summed E-state index contributed by atoms with van der Waals surface area (Å²) < 4.78 is 0. The third-order valence-electron chi connectivity index (χ3n) is 6.04. The Morgan fingerprint density at radius 1 is 1.03 bits per heavy atom. The Hall–Kier alpha value is -2.80. The number of carbonyl (C=O) groups excluding carboxylic acids is 2. The van der Waals surface area contributed by atoms with Crippen LogP contribution in [0, 0.1) is 5.92 Å². The molecule has 0 bridgehead atoms. The van der Waals surface area contributed by atoms with Gasteiger partial charge in [-0.3, -0.25) is 19.5 Å². The molecule has 1 atom stereocenters. The van der Waals surface area contributed by atoms with Gasteiger partial charge < -0.3 is 10.2 Å². The van der Waals surface area contributed by atoms with E-state index in [1.807, 2.05) is 6.07 Å². The first-order valence-electron chi connectivity index (χ1n) is 10.8. The van der Waals surface area contributed by atoms with Crippen LogP contribution < -0.4 is 5.32 Å². The van der Waals surface area contributed by atoms with Crippen molar-refractivity contribution < 1.29 is 9.59 Å². The molecule has 2 saturated heterocycles. The van der Waals surface area contributed by atoms with E-state index in [0.717, 1.165) is 45.3 Å². The maximum atomic E-state index is 12.9. The van der Waals surface area contributed by atoms with Crippen LogP contribution in [-0.2, 0) is 11.3 Å². The number of carbonyl (C=O) groups is 2. The number of amides is 2. The SMILES string of the molecule is O=C(NC1CCN(Cc2ccccc2)CC1)[C@H]1CCCN(C(=O)c2cnccn2)C1. The van der Waals surface area contributed by atoms with Crippen molar-refractivity contribution in [2.45, 2.75) is 38.3 Å². The summed E-state index contributed by atoms with van der Waals surface area (Å²) in [7, 11) is 0. The molecule has 0 unspecified atom stereocenters. The number of aromatic nitrogens is 2. The predicted molar refractivity (Wildman–Crippen MR) is 114 cm³/mol. The van der Waals surface area contributed by atoms with E-state index in [0.29, 0.717) is 18.8 Å². The van der Waals surface area contributed by atoms with Gasteiger partial charge in [-0.15, -0.1) is 0 Å². The number of benzene rings is 1. The molecule has 0 aliphatic carbocycles. The van der Waals surface area contributed by atoms with E-state index in [1.54, 1.807) is 11.1 Å². The van der Waals surface area contributed by atoms with Gasteiger partial charge in [-0.25, -0.2) is 4.98 Å². The first kappa shape index (κ1) is 20.5. The molecule has 0 saturated carbocycles. The largest absolute Gasteiger partial charge is 0.353 e. The molecule has 30 heavy (non-hydrogen) atoms. The molecular formula is C23H29N5O2. The van der Waals surface area contributed by atoms with Gasteiger partial charge in [0.1, 0.15) is 5.69 Å². The van der Waals surface area contributed by atoms with Crippen molar-refractivity contribution in [3.63, 3.8) is 0 Å². The Labute approximate surface area is 177 Å². The first-order chi connectivity index (χ1) is 14.7. The second-order valence-corrected chi connectivity index (χ2v) is 8.23. The Balaban J connectivity index is 1.24. The highest BCUT2D eigenvalue weighted by Gasteiger charge is 2.31. The number of rotatable bonds is 5. The number of hydrogen-bond acceptors (Lipinski definition) is 5. The van der Waals surface area contributed by atoms with Gasteiger partial charge in [0.2, 0.25) is 5.91 Å². The average molecular weight is 408 g/mol. The summed E-state index contributed by atoms with van der Waals surface area (Å²) in [5.41, 5.74) is 1.67. The van der Waals surface area contributed by atoms with Crippen LogP contribution in [0.3, 0.4) is 0 Å². The van der Waals surface area contributed by atoms with Crippen molar-refractivity contribution in [3.8, 4) is 0 Å². The summed E-state index contributed by atoms with van der Waals surface area (Å²) in [6.07, 6.45) is 8.14. The Morgan fingerprint density at radius 2 is 1.83 bits per heavy atom. The summed E-state index contributed by atoms with van der Waals surface area (Å²) in [5, 5.41) is 3.24. The second-order valence-electron chi connectivity index (χ2n) is 8.23. The molecule has 7 heteroatoms. The van der Waals surface area contributed by atoms with Crippen LogP contribution in [0.2, 0.25) is 0 Å². The van der Waals surface area contributed by atoms with Gasteiger partial charge in [0.25, 0.3) is 5.91 Å². The Morgan fingerprint density at radius 3 is 2.57 bits per heavy atom. The van der Waals surface area contributed by atoms with Crippen LogP contribution in [0.15, 0.2) is 48.9 Å². The van der Waals surface area contributed by atoms with Crippen molar-refractivity contribution in [1.82, 2.24) is 25.1 Å². The van der Waals surface area contributed by atoms with E-state index in [9.17, 15) is 9.59 Å². The minimum absolute atomic E-state index is 0.0770. The molecule has 2 amide bonds. The molecule has 4 rings (SSSR count). The summed E-state index contributed by atoms with van der Waals surface area (Å²) >= 11 is 0. The molecule has 2 aliphatic heterocycles. The van der Waals surface area contributed by atoms with Gasteiger partial charge in [0.15, 0.2) is 0 Å². The van der Waals surface area contributed by atoms with E-state index in [-0.39, 0.29) is 23.8 Å². The zero-order chi connectivity index (χ0) is 20.8. The van der Waals surface area contributed by atoms with Crippen molar-refractivity contribution in [2.75, 3.05) is 26.2 Å². The van der Waals surface area contributed by atoms with Gasteiger partial charge >= 0.3 is 0 Å². The van der Waals surface area contributed by atoms with E-state index < -0.39 is 0 Å². The number of piperidine rings is 2. The fourth-order valence-corrected chi connectivity index (χ4v) is 4.34. The third kappa shape index (κ3) is 5.21. The van der Waals surface area contributed by atoms with Gasteiger partial charge in [-0.1, -0.05) is 30.3 Å². The smallest absolute Gasteiger partial charge is 0.274 e. The van der Waals surface area contributed by atoms with E-state index in [2.05, 4.69) is 44.5 Å². The molecule has 7 nitrogen and oxygen atoms in total. The van der Waals surface area contributed by atoms with Gasteiger partial charge in [-0.2, -0.15) is 0 Å². The quantitative estimate of drug-likeness (QED) is 0.821. The highest BCUT2D eigenvalue weighted by atomic mass is 16.2. The van der Waals surface area contributed by atoms with E-state index in [1.165, 1.54) is 18.0 Å². The maximum Gasteiger partial charge on any atom is 0.274 e. The highest BCUT2D eigenvalue weighted by Crippen LogP contribution is 2.20. The number of likely N-dealkylation sites (tertiary alicyclic amines) is 2. The van der Waals surface area contributed by atoms with Crippen LogP contribution in [0.25, 0.3) is 0 Å². The lowest BCUT2D eigenvalue weighted by Crippen LogP contribution is -2.50. The summed E-state index contributed by atoms with van der Waals surface area (Å²) in [6, 6.07) is 10.7. The van der Waals surface area contributed by atoms with E-state index >= 15 is 0 Å². The molecule has 2 fully saturated rings. The summed E-state index contributed by atoms with van der Waals surface area (Å²) in [5.74, 6) is -0.218. The zero-order valence-electron chi connectivity index (χ0n) is 17.2. The normalized spacial score (nSPS) is 20.7. The molecule has 0 spiro atoms. The molecule has 0 radical (unpaired) electrons. The standard InChI is InChI=1S/C23H29N5O2/c29-22(19-7-4-12-28(17-19)23(30)21-15-24-10-11-25-21)26-20-8-13-27(14-9-20)16-18-5-2-1-3-6-18/h1-3,5-6,10-11,15,19-20H,4,7-9,12-14,16-17H2,(H,26,29)/t19-/m0/s1. The molecule has 1 N–H and O–H groups in total. The highest BCUT2D eigenvalue weighted by molar-refractivity contribution is 5.92. The van der Waals surface area contributed by atoms with Gasteiger partial charge in [0, 0.05) is 51.2 Å². The lowest BCUT2D eigenvalue weighted by Gasteiger charge is -2.35. The average Bonchev–Trinajstić information content (AvgIpc) is 2.81. The van der Waals surface area contributed by atoms with Crippen LogP contribution in [0.5, 0.6) is 0 Å². The zero-order valence-corrected chi connectivity index (χ0v) is 17.2. The van der Waals surface area contributed by atoms with Crippen LogP contribution in [0.4, 0.5) is 0 Å². The minimum atomic E-state index is -0.151. The summed E-state index contributed by atoms with van der Waals surface area (Å²) in [6.45, 7) is 4.05. The maximum absolute atomic E-state index is 12.9. The Bertz CT molecular complexity index is 837. The molecular weight excluding hydrogens is 378 g/mol. The van der Waals surface area contributed by atoms with Gasteiger partial charge in [-0.05, 0) is 31.2 Å². The van der Waals surface area contributed by atoms with Gasteiger partial charge in [0.05, 0.1) is 12.1 Å². The number of hydrogen-bond donors (Lipinski definition) is 1. The predicted octanol–water partition coefficient (Wildman–Crippen LogP) is 2.11. The Kier molecular flexibility index (Phi) is 6.69. The van der Waals surface area contributed by atoms with Crippen molar-refractivity contribution in [1.29, 1.82) is 0 Å². The third-order valence-corrected chi connectivity index (χ3v) is 6.04.